The molecule has 0 unspecified atom stereocenters. The van der Waals surface area contributed by atoms with Gasteiger partial charge in [0, 0.05) is 18.6 Å². The molecule has 0 heterocycles. The van der Waals surface area contributed by atoms with Crippen molar-refractivity contribution in [2.24, 2.45) is 17.4 Å². The van der Waals surface area contributed by atoms with Crippen LogP contribution < -0.4 is 48.7 Å². The summed E-state index contributed by atoms with van der Waals surface area (Å²) in [4.78, 5) is 125. The highest BCUT2D eigenvalue weighted by Gasteiger charge is 2.31. The average Bonchev–Trinajstić information content (AvgIpc) is 3.16. The highest BCUT2D eigenvalue weighted by molar-refractivity contribution is 6.01. The Labute approximate surface area is 333 Å². The summed E-state index contributed by atoms with van der Waals surface area (Å²) in [6, 6.07) is 8.54. The van der Waals surface area contributed by atoms with Gasteiger partial charge >= 0.3 is 5.97 Å². The molecule has 0 aliphatic heterocycles. The highest BCUT2D eigenvalue weighted by atomic mass is 16.4. The third-order valence-corrected chi connectivity index (χ3v) is 8.22. The lowest BCUT2D eigenvalue weighted by atomic mass is 10.0. The van der Waals surface area contributed by atoms with Gasteiger partial charge in [0.2, 0.25) is 53.2 Å². The molecule has 0 radical (unpaired) electrons. The van der Waals surface area contributed by atoms with Crippen molar-refractivity contribution >= 4 is 59.1 Å². The molecular weight excluding hydrogens is 758 g/mol. The van der Waals surface area contributed by atoms with Crippen molar-refractivity contribution in [3.63, 3.8) is 0 Å². The molecule has 2 aromatic rings. The summed E-state index contributed by atoms with van der Waals surface area (Å²) in [6.07, 6.45) is 0.697. The van der Waals surface area contributed by atoms with Gasteiger partial charge < -0.3 is 53.8 Å². The Morgan fingerprint density at radius 1 is 0.621 bits per heavy atom. The van der Waals surface area contributed by atoms with Crippen LogP contribution in [0.2, 0.25) is 0 Å². The van der Waals surface area contributed by atoms with E-state index in [-0.39, 0.29) is 17.9 Å². The number of rotatable bonds is 22. The van der Waals surface area contributed by atoms with Crippen LogP contribution in [0.4, 0.5) is 0 Å². The number of aliphatic carboxylic acids is 1. The number of hydrogen-bond acceptors (Lipinski definition) is 10. The zero-order valence-electron chi connectivity index (χ0n) is 32.3. The van der Waals surface area contributed by atoms with Crippen LogP contribution in [0, 0.1) is 5.92 Å². The van der Waals surface area contributed by atoms with Crippen LogP contribution in [0.5, 0.6) is 0 Å². The first-order chi connectivity index (χ1) is 27.3. The van der Waals surface area contributed by atoms with E-state index in [1.165, 1.54) is 26.0 Å². The zero-order valence-corrected chi connectivity index (χ0v) is 32.3. The standard InChI is InChI=1S/C38H49N9O11/c1-20(2)31(33(40)52)46-35(54)22(4)43-37(56)32(24-13-9-6-10-14-24)47-36(55)25(18-27(39)48)44-29(50)16-15-28(49)42-21(3)34(53)41-19-30(51)45-26(38(57)58)17-23-11-7-5-8-12-23/h5-16,20-22,25-26,31-32H,17-19H2,1-4H3,(H2,39,48)(H2,40,52)(H,41,53)(H,42,49)(H,43,56)(H,44,50)(H,45,51)(H,46,54)(H,47,55)(H,57,58)/b16-15+/t21-,22-,25-,26-,31-,32-/m0/s1. The Kier molecular flexibility index (Phi) is 18.7. The molecule has 6 atom stereocenters. The molecule has 0 saturated heterocycles. The molecule has 2 aromatic carbocycles. The Morgan fingerprint density at radius 3 is 1.71 bits per heavy atom. The van der Waals surface area contributed by atoms with Gasteiger partial charge in [0.15, 0.2) is 0 Å². The van der Waals surface area contributed by atoms with Crippen LogP contribution in [0.25, 0.3) is 0 Å². The Balaban J connectivity index is 2.02. The first kappa shape index (κ1) is 47.0. The fourth-order valence-corrected chi connectivity index (χ4v) is 5.12. The van der Waals surface area contributed by atoms with Gasteiger partial charge in [0.05, 0.1) is 13.0 Å². The van der Waals surface area contributed by atoms with Crippen LogP contribution in [0.3, 0.4) is 0 Å². The minimum absolute atomic E-state index is 0.00300. The number of primary amides is 2. The average molecular weight is 808 g/mol. The third kappa shape index (κ3) is 16.3. The van der Waals surface area contributed by atoms with Crippen LogP contribution in [-0.4, -0.2) is 101 Å². The van der Waals surface area contributed by atoms with Crippen molar-refractivity contribution < 1.29 is 53.1 Å². The predicted octanol–water partition coefficient (Wildman–Crippen LogP) is -2.68. The summed E-state index contributed by atoms with van der Waals surface area (Å²) in [6.45, 7) is 5.34. The number of amides is 9. The number of nitrogens with one attached hydrogen (secondary N) is 7. The monoisotopic (exact) mass is 807 g/mol. The molecule has 0 spiro atoms. The summed E-state index contributed by atoms with van der Waals surface area (Å²) in [5, 5.41) is 25.9. The van der Waals surface area contributed by atoms with Gasteiger partial charge in [0.1, 0.15) is 36.3 Å². The van der Waals surface area contributed by atoms with Gasteiger partial charge in [-0.05, 0) is 30.9 Å². The number of carboxylic acid groups (broad SMARTS) is 1. The van der Waals surface area contributed by atoms with Crippen molar-refractivity contribution in [3.8, 4) is 0 Å². The maximum atomic E-state index is 13.4. The second kappa shape index (κ2) is 23.1. The number of benzene rings is 2. The number of carbonyl (C=O) groups excluding carboxylic acids is 9. The highest BCUT2D eigenvalue weighted by Crippen LogP contribution is 2.14. The normalized spacial score (nSPS) is 13.9. The molecule has 0 saturated carbocycles. The van der Waals surface area contributed by atoms with Crippen molar-refractivity contribution in [1.82, 2.24) is 37.2 Å². The number of hydrogen-bond donors (Lipinski definition) is 10. The molecule has 2 rings (SSSR count). The van der Waals surface area contributed by atoms with E-state index >= 15 is 0 Å². The van der Waals surface area contributed by atoms with Crippen LogP contribution in [0.1, 0.15) is 51.3 Å². The zero-order chi connectivity index (χ0) is 43.5. The summed E-state index contributed by atoms with van der Waals surface area (Å²) in [7, 11) is 0. The Bertz CT molecular complexity index is 1860. The smallest absolute Gasteiger partial charge is 0.326 e. The van der Waals surface area contributed by atoms with Crippen LogP contribution in [-0.2, 0) is 54.4 Å². The van der Waals surface area contributed by atoms with E-state index < -0.39 is 108 Å². The quantitative estimate of drug-likeness (QED) is 0.0547. The number of carboxylic acids is 1. The molecule has 0 aliphatic rings. The molecule has 0 bridgehead atoms. The van der Waals surface area contributed by atoms with Crippen molar-refractivity contribution in [2.75, 3.05) is 6.54 Å². The Morgan fingerprint density at radius 2 is 1.17 bits per heavy atom. The molecule has 20 heteroatoms. The first-order valence-electron chi connectivity index (χ1n) is 18.0. The van der Waals surface area contributed by atoms with E-state index in [4.69, 9.17) is 11.5 Å². The number of nitrogens with two attached hydrogens (primary N) is 2. The molecule has 0 aliphatic carbocycles. The van der Waals surface area contributed by atoms with Gasteiger partial charge in [0.25, 0.3) is 0 Å². The molecular formula is C38H49N9O11. The summed E-state index contributed by atoms with van der Waals surface area (Å²) >= 11 is 0. The molecule has 0 fully saturated rings. The maximum absolute atomic E-state index is 13.4. The van der Waals surface area contributed by atoms with E-state index in [9.17, 15) is 53.1 Å². The second-order valence-electron chi connectivity index (χ2n) is 13.4. The lowest BCUT2D eigenvalue weighted by molar-refractivity contribution is -0.141. The lowest BCUT2D eigenvalue weighted by Gasteiger charge is -2.25. The van der Waals surface area contributed by atoms with E-state index in [0.717, 1.165) is 6.08 Å². The summed E-state index contributed by atoms with van der Waals surface area (Å²) in [5.74, 6) is -9.65. The summed E-state index contributed by atoms with van der Waals surface area (Å²) < 4.78 is 0. The van der Waals surface area contributed by atoms with Crippen LogP contribution in [0.15, 0.2) is 72.8 Å². The minimum atomic E-state index is -1.65. The predicted molar refractivity (Wildman–Crippen MR) is 206 cm³/mol. The molecule has 20 nitrogen and oxygen atoms in total. The van der Waals surface area contributed by atoms with Crippen molar-refractivity contribution in [1.29, 1.82) is 0 Å². The van der Waals surface area contributed by atoms with Gasteiger partial charge in [-0.2, -0.15) is 0 Å². The number of carbonyl (C=O) groups is 10. The second-order valence-corrected chi connectivity index (χ2v) is 13.4. The third-order valence-electron chi connectivity index (χ3n) is 8.22. The van der Waals surface area contributed by atoms with E-state index in [2.05, 4.69) is 37.2 Å². The molecule has 312 valence electrons. The van der Waals surface area contributed by atoms with Crippen molar-refractivity contribution in [2.45, 2.75) is 76.8 Å². The Hall–Kier alpha value is -7.12. The van der Waals surface area contributed by atoms with E-state index in [0.29, 0.717) is 11.6 Å². The molecule has 0 aromatic heterocycles. The molecule has 12 N–H and O–H groups in total. The first-order valence-corrected chi connectivity index (χ1v) is 18.0. The molecule has 58 heavy (non-hydrogen) atoms. The fourth-order valence-electron chi connectivity index (χ4n) is 5.12. The topological polar surface area (TPSA) is 327 Å². The SMILES string of the molecule is CC(C)[C@H](NC(=O)[C@H](C)NC(=O)[C@@H](NC(=O)[C@H](CC(N)=O)NC(=O)/C=C/C(=O)N[C@@H](C)C(=O)NCC(=O)N[C@@H](Cc1ccccc1)C(=O)O)c1ccccc1)C(N)=O. The van der Waals surface area contributed by atoms with E-state index in [1.54, 1.807) is 62.4 Å². The van der Waals surface area contributed by atoms with Gasteiger partial charge in [-0.15, -0.1) is 0 Å². The van der Waals surface area contributed by atoms with Crippen molar-refractivity contribution in [3.05, 3.63) is 83.9 Å². The van der Waals surface area contributed by atoms with Gasteiger partial charge in [-0.25, -0.2) is 4.79 Å². The summed E-state index contributed by atoms with van der Waals surface area (Å²) in [5.41, 5.74) is 11.6. The largest absolute Gasteiger partial charge is 0.480 e. The maximum Gasteiger partial charge on any atom is 0.326 e. The van der Waals surface area contributed by atoms with Gasteiger partial charge in [-0.3, -0.25) is 43.2 Å². The lowest BCUT2D eigenvalue weighted by Crippen LogP contribution is -2.56. The van der Waals surface area contributed by atoms with Gasteiger partial charge in [-0.1, -0.05) is 74.5 Å². The van der Waals surface area contributed by atoms with E-state index in [1.807, 2.05) is 0 Å². The minimum Gasteiger partial charge on any atom is -0.480 e. The fraction of sp³-hybridized carbons (Fsp3) is 0.368. The van der Waals surface area contributed by atoms with Crippen LogP contribution >= 0.6 is 0 Å². The molecule has 9 amide bonds.